The summed E-state index contributed by atoms with van der Waals surface area (Å²) in [6, 6.07) is 16.8. The van der Waals surface area contributed by atoms with E-state index in [1.807, 2.05) is 0 Å². The van der Waals surface area contributed by atoms with Gasteiger partial charge in [0.15, 0.2) is 6.10 Å². The van der Waals surface area contributed by atoms with Crippen LogP contribution in [0.3, 0.4) is 0 Å². The summed E-state index contributed by atoms with van der Waals surface area (Å²) in [7, 11) is 0. The van der Waals surface area contributed by atoms with Gasteiger partial charge in [-0.15, -0.1) is 0 Å². The van der Waals surface area contributed by atoms with Crippen molar-refractivity contribution in [2.75, 3.05) is 6.61 Å². The molecule has 33 heavy (non-hydrogen) atoms. The van der Waals surface area contributed by atoms with Gasteiger partial charge in [0.05, 0.1) is 11.1 Å². The van der Waals surface area contributed by atoms with Gasteiger partial charge in [0.2, 0.25) is 6.23 Å². The third-order valence-corrected chi connectivity index (χ3v) is 4.97. The molecule has 0 radical (unpaired) electrons. The summed E-state index contributed by atoms with van der Waals surface area (Å²) in [5.41, 5.74) is -0.715. The van der Waals surface area contributed by atoms with Crippen molar-refractivity contribution in [1.29, 1.82) is 0 Å². The fourth-order valence-electron chi connectivity index (χ4n) is 3.37. The van der Waals surface area contributed by atoms with Crippen molar-refractivity contribution in [2.45, 2.75) is 24.4 Å². The monoisotopic (exact) mass is 456 g/mol. The first-order chi connectivity index (χ1) is 15.9. The second-order valence-electron chi connectivity index (χ2n) is 7.17. The number of alkyl halides is 2. The standard InChI is InChI=1S/C23H18F2N2O6/c24-23(25)18(33-20(29)16-10-5-2-6-11-16)17(14-31-19(28)15-8-3-1-4-9-15)32-21(23)27-13-7-12-26-22(27)30/h1-13,17-18,21H,14H2/t17-,18-,21?/m1/s1. The Morgan fingerprint density at radius 1 is 0.970 bits per heavy atom. The van der Waals surface area contributed by atoms with Crippen LogP contribution in [-0.2, 0) is 14.2 Å². The number of hydrogen-bond acceptors (Lipinski definition) is 7. The molecular weight excluding hydrogens is 438 g/mol. The summed E-state index contributed by atoms with van der Waals surface area (Å²) in [4.78, 5) is 40.3. The van der Waals surface area contributed by atoms with Crippen LogP contribution in [0.15, 0.2) is 83.9 Å². The highest BCUT2D eigenvalue weighted by Crippen LogP contribution is 2.44. The molecule has 0 amide bonds. The molecule has 170 valence electrons. The maximum atomic E-state index is 15.4. The van der Waals surface area contributed by atoms with Gasteiger partial charge >= 0.3 is 23.6 Å². The molecular formula is C23H18F2N2O6. The number of benzene rings is 2. The fourth-order valence-corrected chi connectivity index (χ4v) is 3.37. The minimum atomic E-state index is -3.83. The first-order valence-corrected chi connectivity index (χ1v) is 9.92. The Bertz CT molecular complexity index is 1190. The lowest BCUT2D eigenvalue weighted by atomic mass is 10.1. The van der Waals surface area contributed by atoms with E-state index in [1.54, 1.807) is 36.4 Å². The van der Waals surface area contributed by atoms with Crippen molar-refractivity contribution >= 4 is 11.9 Å². The highest BCUT2D eigenvalue weighted by Gasteiger charge is 2.62. The zero-order chi connectivity index (χ0) is 23.4. The predicted molar refractivity (Wildman–Crippen MR) is 110 cm³/mol. The van der Waals surface area contributed by atoms with E-state index in [0.717, 1.165) is 12.4 Å². The molecule has 10 heteroatoms. The molecule has 0 bridgehead atoms. The number of nitrogens with zero attached hydrogens (tertiary/aromatic N) is 2. The van der Waals surface area contributed by atoms with Crippen LogP contribution in [0.5, 0.6) is 0 Å². The molecule has 1 aromatic heterocycles. The molecule has 2 heterocycles. The van der Waals surface area contributed by atoms with Crippen LogP contribution in [-0.4, -0.2) is 46.2 Å². The first kappa shape index (κ1) is 22.3. The molecule has 3 aromatic rings. The number of hydrogen-bond donors (Lipinski definition) is 0. The average Bonchev–Trinajstić information content (AvgIpc) is 3.08. The van der Waals surface area contributed by atoms with Crippen molar-refractivity contribution in [3.8, 4) is 0 Å². The second kappa shape index (κ2) is 9.29. The molecule has 2 aromatic carbocycles. The second-order valence-corrected chi connectivity index (χ2v) is 7.17. The largest absolute Gasteiger partial charge is 0.459 e. The Balaban J connectivity index is 1.60. The summed E-state index contributed by atoms with van der Waals surface area (Å²) < 4.78 is 47.0. The van der Waals surface area contributed by atoms with E-state index in [9.17, 15) is 14.4 Å². The highest BCUT2D eigenvalue weighted by atomic mass is 19.3. The van der Waals surface area contributed by atoms with Crippen molar-refractivity contribution in [3.63, 3.8) is 0 Å². The smallest absolute Gasteiger partial charge is 0.349 e. The molecule has 1 aliphatic heterocycles. The van der Waals surface area contributed by atoms with E-state index in [1.165, 1.54) is 30.3 Å². The van der Waals surface area contributed by atoms with Gasteiger partial charge in [-0.2, -0.15) is 8.78 Å². The van der Waals surface area contributed by atoms with Gasteiger partial charge in [-0.25, -0.2) is 19.4 Å². The minimum absolute atomic E-state index is 0.0512. The SMILES string of the molecule is O=C(OC[C@H]1OC(n2cccnc2=O)C(F)(F)[C@@H]1OC(=O)c1ccccc1)c1ccccc1. The Morgan fingerprint density at radius 3 is 2.18 bits per heavy atom. The summed E-state index contributed by atoms with van der Waals surface area (Å²) in [6.45, 7) is -0.637. The predicted octanol–water partition coefficient (Wildman–Crippen LogP) is 2.86. The molecule has 1 aliphatic rings. The Kier molecular flexibility index (Phi) is 6.27. The molecule has 1 fully saturated rings. The van der Waals surface area contributed by atoms with Crippen LogP contribution in [0.4, 0.5) is 8.78 Å². The van der Waals surface area contributed by atoms with E-state index < -0.39 is 48.6 Å². The normalized spacial score (nSPS) is 21.3. The van der Waals surface area contributed by atoms with Crippen LogP contribution in [0, 0.1) is 0 Å². The minimum Gasteiger partial charge on any atom is -0.459 e. The maximum absolute atomic E-state index is 15.4. The van der Waals surface area contributed by atoms with E-state index in [0.29, 0.717) is 4.57 Å². The summed E-state index contributed by atoms with van der Waals surface area (Å²) in [6.07, 6.45) is -3.56. The Morgan fingerprint density at radius 2 is 1.58 bits per heavy atom. The van der Waals surface area contributed by atoms with Crippen molar-refractivity contribution < 1.29 is 32.6 Å². The Hall–Kier alpha value is -3.92. The topological polar surface area (TPSA) is 96.7 Å². The lowest BCUT2D eigenvalue weighted by Crippen LogP contribution is -2.44. The zero-order valence-electron chi connectivity index (χ0n) is 17.0. The van der Waals surface area contributed by atoms with Crippen molar-refractivity contribution in [2.24, 2.45) is 0 Å². The first-order valence-electron chi connectivity index (χ1n) is 9.92. The van der Waals surface area contributed by atoms with Crippen molar-refractivity contribution in [1.82, 2.24) is 9.55 Å². The van der Waals surface area contributed by atoms with Gasteiger partial charge in [-0.3, -0.25) is 4.57 Å². The van der Waals surface area contributed by atoms with Gasteiger partial charge in [0, 0.05) is 12.4 Å². The van der Waals surface area contributed by atoms with Crippen LogP contribution in [0.2, 0.25) is 0 Å². The van der Waals surface area contributed by atoms with Gasteiger partial charge in [0.25, 0.3) is 0 Å². The van der Waals surface area contributed by atoms with Gasteiger partial charge < -0.3 is 14.2 Å². The highest BCUT2D eigenvalue weighted by molar-refractivity contribution is 5.90. The molecule has 1 saturated heterocycles. The third kappa shape index (κ3) is 4.65. The van der Waals surface area contributed by atoms with Crippen LogP contribution < -0.4 is 5.69 Å². The van der Waals surface area contributed by atoms with Crippen LogP contribution >= 0.6 is 0 Å². The van der Waals surface area contributed by atoms with E-state index in [-0.39, 0.29) is 11.1 Å². The van der Waals surface area contributed by atoms with E-state index in [2.05, 4.69) is 4.98 Å². The third-order valence-electron chi connectivity index (χ3n) is 4.97. The average molecular weight is 456 g/mol. The maximum Gasteiger partial charge on any atom is 0.349 e. The number of esters is 2. The van der Waals surface area contributed by atoms with Crippen molar-refractivity contribution in [3.05, 3.63) is 101 Å². The van der Waals surface area contributed by atoms with Gasteiger partial charge in [0.1, 0.15) is 12.7 Å². The molecule has 3 atom stereocenters. The molecule has 0 N–H and O–H groups in total. The number of carbonyl (C=O) groups excluding carboxylic acids is 2. The van der Waals surface area contributed by atoms with Crippen LogP contribution in [0.25, 0.3) is 0 Å². The lowest BCUT2D eigenvalue weighted by Gasteiger charge is -2.24. The lowest BCUT2D eigenvalue weighted by molar-refractivity contribution is -0.142. The molecule has 4 rings (SSSR count). The number of ether oxygens (including phenoxy) is 3. The zero-order valence-corrected chi connectivity index (χ0v) is 17.0. The van der Waals surface area contributed by atoms with Gasteiger partial charge in [-0.05, 0) is 30.3 Å². The quantitative estimate of drug-likeness (QED) is 0.526. The molecule has 0 saturated carbocycles. The number of halogens is 2. The molecule has 0 aliphatic carbocycles. The summed E-state index contributed by atoms with van der Waals surface area (Å²) in [5.74, 6) is -5.61. The number of aromatic nitrogens is 2. The molecule has 8 nitrogen and oxygen atoms in total. The van der Waals surface area contributed by atoms with Gasteiger partial charge in [-0.1, -0.05) is 36.4 Å². The molecule has 0 spiro atoms. The Labute approximate surface area is 186 Å². The fraction of sp³-hybridized carbons (Fsp3) is 0.217. The van der Waals surface area contributed by atoms with E-state index in [4.69, 9.17) is 14.2 Å². The summed E-state index contributed by atoms with van der Waals surface area (Å²) in [5, 5.41) is 0. The molecule has 1 unspecified atom stereocenters. The summed E-state index contributed by atoms with van der Waals surface area (Å²) >= 11 is 0. The van der Waals surface area contributed by atoms with E-state index >= 15 is 8.78 Å². The number of carbonyl (C=O) groups is 2. The number of rotatable bonds is 6. The van der Waals surface area contributed by atoms with Crippen LogP contribution in [0.1, 0.15) is 26.9 Å².